The summed E-state index contributed by atoms with van der Waals surface area (Å²) in [4.78, 5) is 1.52. The number of fused-ring (bicyclic) bond motifs is 2. The minimum atomic E-state index is 0. The molecule has 3 rings (SSSR count). The van der Waals surface area contributed by atoms with E-state index in [-0.39, 0.29) is 12.4 Å². The zero-order valence-electron chi connectivity index (χ0n) is 13.9. The van der Waals surface area contributed by atoms with E-state index in [9.17, 15) is 0 Å². The van der Waals surface area contributed by atoms with Gasteiger partial charge in [0.05, 0.1) is 20.6 Å². The lowest BCUT2D eigenvalue weighted by Crippen LogP contribution is -3.05. The molecule has 0 aromatic heterocycles. The van der Waals surface area contributed by atoms with Crippen molar-refractivity contribution in [2.75, 3.05) is 20.6 Å². The van der Waals surface area contributed by atoms with Gasteiger partial charge in [0.1, 0.15) is 0 Å². The van der Waals surface area contributed by atoms with Gasteiger partial charge in [-0.25, -0.2) is 0 Å². The van der Waals surface area contributed by atoms with E-state index in [1.165, 1.54) is 46.5 Å². The third kappa shape index (κ3) is 4.29. The van der Waals surface area contributed by atoms with Crippen LogP contribution < -0.4 is 17.3 Å². The predicted octanol–water partition coefficient (Wildman–Crippen LogP) is 0.499. The molecule has 1 aliphatic carbocycles. The standard InChI is InChI=1S/C20H24ClN.ClH/c1-22(2)13-5-8-19-18-7-4-3-6-15(18)9-10-16-11-12-17(21)14-20(16)19;/h3-4,6-7,11-12,14,19H,5,8-10,13H2,1-2H3;1H. The summed E-state index contributed by atoms with van der Waals surface area (Å²) in [7, 11) is 4.46. The maximum absolute atomic E-state index is 6.30. The summed E-state index contributed by atoms with van der Waals surface area (Å²) in [6.07, 6.45) is 4.71. The van der Waals surface area contributed by atoms with E-state index in [1.807, 2.05) is 6.07 Å². The number of aryl methyl sites for hydroxylation is 2. The lowest BCUT2D eigenvalue weighted by molar-refractivity contribution is -0.858. The van der Waals surface area contributed by atoms with Gasteiger partial charge >= 0.3 is 0 Å². The van der Waals surface area contributed by atoms with Crippen molar-refractivity contribution in [2.45, 2.75) is 31.6 Å². The molecule has 0 fully saturated rings. The number of hydrogen-bond donors (Lipinski definition) is 1. The van der Waals surface area contributed by atoms with Crippen LogP contribution in [0, 0.1) is 0 Å². The van der Waals surface area contributed by atoms with E-state index in [1.54, 1.807) is 0 Å². The molecule has 0 heterocycles. The van der Waals surface area contributed by atoms with Crippen LogP contribution in [0.4, 0.5) is 0 Å². The lowest BCUT2D eigenvalue weighted by Gasteiger charge is -2.21. The van der Waals surface area contributed by atoms with Crippen molar-refractivity contribution < 1.29 is 17.3 Å². The van der Waals surface area contributed by atoms with Gasteiger partial charge in [0.15, 0.2) is 0 Å². The van der Waals surface area contributed by atoms with Crippen molar-refractivity contribution in [1.29, 1.82) is 0 Å². The normalized spacial score (nSPS) is 16.3. The van der Waals surface area contributed by atoms with Gasteiger partial charge in [0.25, 0.3) is 0 Å². The third-order valence-corrected chi connectivity index (χ3v) is 4.98. The second-order valence-corrected chi connectivity index (χ2v) is 7.13. The van der Waals surface area contributed by atoms with Crippen molar-refractivity contribution in [3.8, 4) is 0 Å². The highest BCUT2D eigenvalue weighted by Gasteiger charge is 2.23. The minimum Gasteiger partial charge on any atom is -1.00 e. The molecule has 23 heavy (non-hydrogen) atoms. The Morgan fingerprint density at radius 3 is 2.43 bits per heavy atom. The molecular formula is C20H25Cl2N. The summed E-state index contributed by atoms with van der Waals surface area (Å²) < 4.78 is 0. The van der Waals surface area contributed by atoms with E-state index < -0.39 is 0 Å². The minimum absolute atomic E-state index is 0. The van der Waals surface area contributed by atoms with Crippen LogP contribution in [-0.4, -0.2) is 20.6 Å². The Morgan fingerprint density at radius 2 is 1.70 bits per heavy atom. The van der Waals surface area contributed by atoms with E-state index >= 15 is 0 Å². The molecule has 1 aliphatic rings. The first-order valence-electron chi connectivity index (χ1n) is 8.30. The second kappa shape index (κ2) is 8.19. The van der Waals surface area contributed by atoms with E-state index in [2.05, 4.69) is 50.5 Å². The lowest BCUT2D eigenvalue weighted by atomic mass is 9.85. The zero-order valence-corrected chi connectivity index (χ0v) is 15.4. The first-order valence-corrected chi connectivity index (χ1v) is 8.68. The molecule has 0 saturated heterocycles. The van der Waals surface area contributed by atoms with Crippen LogP contribution in [0.5, 0.6) is 0 Å². The fourth-order valence-electron chi connectivity index (χ4n) is 3.63. The summed E-state index contributed by atoms with van der Waals surface area (Å²) in [6, 6.07) is 15.4. The van der Waals surface area contributed by atoms with Gasteiger partial charge in [-0.2, -0.15) is 0 Å². The highest BCUT2D eigenvalue weighted by atomic mass is 35.5. The van der Waals surface area contributed by atoms with Crippen LogP contribution in [0.25, 0.3) is 0 Å². The quantitative estimate of drug-likeness (QED) is 0.819. The zero-order chi connectivity index (χ0) is 15.5. The van der Waals surface area contributed by atoms with Gasteiger partial charge < -0.3 is 17.3 Å². The molecule has 1 unspecified atom stereocenters. The molecule has 2 aromatic rings. The number of quaternary nitrogens is 1. The van der Waals surface area contributed by atoms with Crippen LogP contribution in [0.2, 0.25) is 5.02 Å². The van der Waals surface area contributed by atoms with Crippen LogP contribution in [0.15, 0.2) is 42.5 Å². The summed E-state index contributed by atoms with van der Waals surface area (Å²) >= 11 is 6.30. The molecule has 124 valence electrons. The average molecular weight is 350 g/mol. The molecule has 0 aliphatic heterocycles. The topological polar surface area (TPSA) is 4.44 Å². The molecule has 0 saturated carbocycles. The number of hydrogen-bond acceptors (Lipinski definition) is 0. The molecule has 2 aromatic carbocycles. The Hall–Kier alpha value is -1.02. The maximum Gasteiger partial charge on any atom is 0.0767 e. The van der Waals surface area contributed by atoms with Crippen LogP contribution in [-0.2, 0) is 12.8 Å². The highest BCUT2D eigenvalue weighted by molar-refractivity contribution is 6.30. The Kier molecular flexibility index (Phi) is 6.52. The SMILES string of the molecule is C[NH+](C)CCCC1c2ccccc2CCc2ccc(Cl)cc21.[Cl-]. The fraction of sp³-hybridized carbons (Fsp3) is 0.400. The number of benzene rings is 2. The van der Waals surface area contributed by atoms with Gasteiger partial charge in [0, 0.05) is 10.9 Å². The molecule has 0 radical (unpaired) electrons. The van der Waals surface area contributed by atoms with Gasteiger partial charge in [0.2, 0.25) is 0 Å². The fourth-order valence-corrected chi connectivity index (χ4v) is 3.81. The molecular weight excluding hydrogens is 325 g/mol. The Labute approximate surface area is 151 Å². The first kappa shape index (κ1) is 18.3. The molecule has 3 heteroatoms. The predicted molar refractivity (Wildman–Crippen MR) is 94.1 cm³/mol. The summed E-state index contributed by atoms with van der Waals surface area (Å²) in [5, 5.41) is 0.862. The Bertz CT molecular complexity index is 652. The summed E-state index contributed by atoms with van der Waals surface area (Å²) in [5.41, 5.74) is 5.95. The Morgan fingerprint density at radius 1 is 1.00 bits per heavy atom. The average Bonchev–Trinajstić information content (AvgIpc) is 2.65. The molecule has 1 N–H and O–H groups in total. The second-order valence-electron chi connectivity index (χ2n) is 6.69. The smallest absolute Gasteiger partial charge is 0.0767 e. The Balaban J connectivity index is 0.00000192. The van der Waals surface area contributed by atoms with Crippen LogP contribution in [0.3, 0.4) is 0 Å². The van der Waals surface area contributed by atoms with Crippen molar-refractivity contribution in [3.05, 3.63) is 69.7 Å². The van der Waals surface area contributed by atoms with Gasteiger partial charge in [-0.05, 0) is 60.1 Å². The van der Waals surface area contributed by atoms with Gasteiger partial charge in [-0.15, -0.1) is 0 Å². The van der Waals surface area contributed by atoms with E-state index in [0.29, 0.717) is 5.92 Å². The summed E-state index contributed by atoms with van der Waals surface area (Å²) in [5.74, 6) is 0.492. The first-order chi connectivity index (χ1) is 10.6. The van der Waals surface area contributed by atoms with Crippen molar-refractivity contribution >= 4 is 11.6 Å². The van der Waals surface area contributed by atoms with Crippen molar-refractivity contribution in [2.24, 2.45) is 0 Å². The third-order valence-electron chi connectivity index (χ3n) is 4.75. The molecule has 1 atom stereocenters. The van der Waals surface area contributed by atoms with E-state index in [0.717, 1.165) is 17.9 Å². The number of halogens is 2. The largest absolute Gasteiger partial charge is 1.00 e. The summed E-state index contributed by atoms with van der Waals surface area (Å²) in [6.45, 7) is 1.22. The van der Waals surface area contributed by atoms with Gasteiger partial charge in [-0.3, -0.25) is 0 Å². The molecule has 0 amide bonds. The number of nitrogens with one attached hydrogen (secondary N) is 1. The number of rotatable bonds is 4. The van der Waals surface area contributed by atoms with Crippen molar-refractivity contribution in [3.63, 3.8) is 0 Å². The molecule has 0 bridgehead atoms. The van der Waals surface area contributed by atoms with Gasteiger partial charge in [-0.1, -0.05) is 41.9 Å². The monoisotopic (exact) mass is 349 g/mol. The van der Waals surface area contributed by atoms with Crippen LogP contribution in [0.1, 0.15) is 41.0 Å². The van der Waals surface area contributed by atoms with E-state index in [4.69, 9.17) is 11.6 Å². The highest BCUT2D eigenvalue weighted by Crippen LogP contribution is 2.38. The molecule has 1 nitrogen and oxygen atoms in total. The maximum atomic E-state index is 6.30. The van der Waals surface area contributed by atoms with Crippen molar-refractivity contribution in [1.82, 2.24) is 0 Å². The van der Waals surface area contributed by atoms with Crippen LogP contribution >= 0.6 is 11.6 Å². The molecule has 0 spiro atoms.